The average molecular weight is 356 g/mol. The highest BCUT2D eigenvalue weighted by molar-refractivity contribution is 7.89. The Kier molecular flexibility index (Phi) is 4.01. The first-order valence-corrected chi connectivity index (χ1v) is 8.20. The number of aromatic nitrogens is 3. The van der Waals surface area contributed by atoms with E-state index in [-0.39, 0.29) is 16.6 Å². The van der Waals surface area contributed by atoms with Crippen LogP contribution in [-0.4, -0.2) is 29.8 Å². The third-order valence-corrected chi connectivity index (χ3v) is 4.66. The molecule has 0 bridgehead atoms. The van der Waals surface area contributed by atoms with Crippen LogP contribution in [0.5, 0.6) is 0 Å². The van der Waals surface area contributed by atoms with Gasteiger partial charge in [0.15, 0.2) is 5.65 Å². The molecule has 3 aromatic rings. The number of sulfonamides is 1. The molecule has 0 saturated heterocycles. The van der Waals surface area contributed by atoms with E-state index in [1.165, 1.54) is 42.6 Å². The number of rotatable bonds is 4. The van der Waals surface area contributed by atoms with Gasteiger partial charge in [-0.05, 0) is 17.7 Å². The van der Waals surface area contributed by atoms with Gasteiger partial charge in [0.2, 0.25) is 5.03 Å². The fourth-order valence-electron chi connectivity index (χ4n) is 2.22. The van der Waals surface area contributed by atoms with Crippen LogP contribution >= 0.6 is 0 Å². The highest BCUT2D eigenvalue weighted by Gasteiger charge is 2.44. The molecular weight excluding hydrogens is 345 g/mol. The zero-order valence-corrected chi connectivity index (χ0v) is 12.8. The van der Waals surface area contributed by atoms with Crippen LogP contribution in [0.25, 0.3) is 11.0 Å². The van der Waals surface area contributed by atoms with Crippen LogP contribution in [-0.2, 0) is 10.0 Å². The van der Waals surface area contributed by atoms with Gasteiger partial charge in [0.25, 0.3) is 10.0 Å². The number of H-pyrrole nitrogens is 1. The first-order chi connectivity index (χ1) is 11.3. The molecule has 0 radical (unpaired) electrons. The summed E-state index contributed by atoms with van der Waals surface area (Å²) in [6.07, 6.45) is -3.40. The van der Waals surface area contributed by atoms with Gasteiger partial charge >= 0.3 is 6.18 Å². The van der Waals surface area contributed by atoms with Crippen molar-refractivity contribution in [1.82, 2.24) is 19.9 Å². The molecular formula is C14H11F3N4O2S. The lowest BCUT2D eigenvalue weighted by Gasteiger charge is -2.21. The highest BCUT2D eigenvalue weighted by atomic mass is 32.2. The molecule has 0 aliphatic heterocycles. The number of hydrogen-bond donors (Lipinski definition) is 2. The van der Waals surface area contributed by atoms with Gasteiger partial charge in [0.1, 0.15) is 6.04 Å². The number of halogens is 3. The molecule has 1 atom stereocenters. The van der Waals surface area contributed by atoms with Gasteiger partial charge in [-0.2, -0.15) is 23.0 Å². The molecule has 2 aromatic heterocycles. The lowest BCUT2D eigenvalue weighted by molar-refractivity contribution is -0.153. The van der Waals surface area contributed by atoms with E-state index in [4.69, 9.17) is 0 Å². The predicted molar refractivity (Wildman–Crippen MR) is 79.4 cm³/mol. The van der Waals surface area contributed by atoms with Crippen LogP contribution in [0.4, 0.5) is 13.2 Å². The molecule has 2 N–H and O–H groups in total. The maximum atomic E-state index is 13.3. The van der Waals surface area contributed by atoms with E-state index in [2.05, 4.69) is 15.2 Å². The Hall–Kier alpha value is -2.46. The number of aromatic amines is 1. The Morgan fingerprint density at radius 2 is 1.79 bits per heavy atom. The molecule has 0 aliphatic carbocycles. The second-order valence-corrected chi connectivity index (χ2v) is 6.56. The van der Waals surface area contributed by atoms with Gasteiger partial charge in [0, 0.05) is 6.20 Å². The van der Waals surface area contributed by atoms with E-state index < -0.39 is 27.3 Å². The minimum atomic E-state index is -4.81. The summed E-state index contributed by atoms with van der Waals surface area (Å²) in [5.41, 5.74) is -0.0484. The van der Waals surface area contributed by atoms with Crippen LogP contribution in [0.2, 0.25) is 0 Å². The van der Waals surface area contributed by atoms with Crippen LogP contribution < -0.4 is 4.72 Å². The fourth-order valence-corrected chi connectivity index (χ4v) is 3.53. The van der Waals surface area contributed by atoms with Gasteiger partial charge in [-0.25, -0.2) is 13.4 Å². The van der Waals surface area contributed by atoms with Gasteiger partial charge in [-0.3, -0.25) is 5.10 Å². The number of alkyl halides is 3. The van der Waals surface area contributed by atoms with Gasteiger partial charge < -0.3 is 0 Å². The normalized spacial score (nSPS) is 14.0. The molecule has 0 amide bonds. The number of nitrogens with zero attached hydrogens (tertiary/aromatic N) is 2. The molecule has 10 heteroatoms. The van der Waals surface area contributed by atoms with E-state index in [0.29, 0.717) is 0 Å². The maximum absolute atomic E-state index is 13.3. The van der Waals surface area contributed by atoms with Gasteiger partial charge in [-0.15, -0.1) is 0 Å². The van der Waals surface area contributed by atoms with Crippen molar-refractivity contribution in [2.75, 3.05) is 0 Å². The summed E-state index contributed by atoms with van der Waals surface area (Å²) in [6.45, 7) is 0. The Labute approximate surface area is 134 Å². The van der Waals surface area contributed by atoms with Crippen molar-refractivity contribution in [1.29, 1.82) is 0 Å². The number of benzene rings is 1. The van der Waals surface area contributed by atoms with E-state index >= 15 is 0 Å². The molecule has 1 aromatic carbocycles. The number of pyridine rings is 1. The average Bonchev–Trinajstić information content (AvgIpc) is 2.97. The zero-order valence-electron chi connectivity index (χ0n) is 11.9. The molecule has 1 unspecified atom stereocenters. The number of nitrogens with one attached hydrogen (secondary N) is 2. The Morgan fingerprint density at radius 3 is 2.46 bits per heavy atom. The summed E-state index contributed by atoms with van der Waals surface area (Å²) >= 11 is 0. The Balaban J connectivity index is 2.03. The number of hydrogen-bond acceptors (Lipinski definition) is 4. The first kappa shape index (κ1) is 16.4. The summed E-state index contributed by atoms with van der Waals surface area (Å²) in [7, 11) is -4.53. The SMILES string of the molecule is O=S(=O)(NC(c1ccccc1)C(F)(F)F)c1n[nH]c2ncccc12. The Morgan fingerprint density at radius 1 is 1.08 bits per heavy atom. The smallest absolute Gasteiger partial charge is 0.259 e. The number of fused-ring (bicyclic) bond motifs is 1. The molecule has 0 spiro atoms. The summed E-state index contributed by atoms with van der Waals surface area (Å²) in [5.74, 6) is 0. The van der Waals surface area contributed by atoms with Gasteiger partial charge in [0.05, 0.1) is 5.39 Å². The quantitative estimate of drug-likeness (QED) is 0.752. The largest absolute Gasteiger partial charge is 0.408 e. The van der Waals surface area contributed by atoms with Crippen LogP contribution in [0.3, 0.4) is 0 Å². The molecule has 126 valence electrons. The zero-order chi connectivity index (χ0) is 17.4. The summed E-state index contributed by atoms with van der Waals surface area (Å²) in [6, 6.07) is 7.23. The molecule has 24 heavy (non-hydrogen) atoms. The fraction of sp³-hybridized carbons (Fsp3) is 0.143. The first-order valence-electron chi connectivity index (χ1n) is 6.72. The van der Waals surface area contributed by atoms with Crippen LogP contribution in [0.1, 0.15) is 11.6 Å². The van der Waals surface area contributed by atoms with E-state index in [1.807, 2.05) is 0 Å². The minimum absolute atomic E-state index is 0.110. The standard InChI is InChI=1S/C14H11F3N4O2S/c15-14(16,17)11(9-5-2-1-3-6-9)21-24(22,23)13-10-7-4-8-18-12(10)19-20-13/h1-8,11,21H,(H,18,19,20). The highest BCUT2D eigenvalue weighted by Crippen LogP contribution is 2.34. The Bertz CT molecular complexity index is 955. The lowest BCUT2D eigenvalue weighted by Crippen LogP contribution is -2.38. The minimum Gasteiger partial charge on any atom is -0.259 e. The molecule has 0 fully saturated rings. The topological polar surface area (TPSA) is 87.7 Å². The van der Waals surface area contributed by atoms with Crippen molar-refractivity contribution in [3.8, 4) is 0 Å². The summed E-state index contributed by atoms with van der Waals surface area (Å²) in [5, 5.41) is 5.55. The maximum Gasteiger partial charge on any atom is 0.408 e. The van der Waals surface area contributed by atoms with Crippen molar-refractivity contribution < 1.29 is 21.6 Å². The predicted octanol–water partition coefficient (Wildman–Crippen LogP) is 2.54. The second-order valence-electron chi connectivity index (χ2n) is 4.93. The molecule has 0 aliphatic rings. The van der Waals surface area contributed by atoms with Crippen molar-refractivity contribution >= 4 is 21.1 Å². The van der Waals surface area contributed by atoms with Crippen molar-refractivity contribution in [3.05, 3.63) is 54.2 Å². The van der Waals surface area contributed by atoms with E-state index in [9.17, 15) is 21.6 Å². The van der Waals surface area contributed by atoms with Crippen molar-refractivity contribution in [3.63, 3.8) is 0 Å². The summed E-state index contributed by atoms with van der Waals surface area (Å²) < 4.78 is 66.5. The van der Waals surface area contributed by atoms with Crippen LogP contribution in [0.15, 0.2) is 53.7 Å². The molecule has 3 rings (SSSR count). The molecule has 6 nitrogen and oxygen atoms in total. The molecule has 2 heterocycles. The lowest BCUT2D eigenvalue weighted by atomic mass is 10.1. The van der Waals surface area contributed by atoms with Crippen molar-refractivity contribution in [2.24, 2.45) is 0 Å². The third-order valence-electron chi connectivity index (χ3n) is 3.29. The molecule has 0 saturated carbocycles. The van der Waals surface area contributed by atoms with Gasteiger partial charge in [-0.1, -0.05) is 30.3 Å². The van der Waals surface area contributed by atoms with E-state index in [0.717, 1.165) is 0 Å². The van der Waals surface area contributed by atoms with Crippen molar-refractivity contribution in [2.45, 2.75) is 17.2 Å². The summed E-state index contributed by atoms with van der Waals surface area (Å²) in [4.78, 5) is 3.87. The van der Waals surface area contributed by atoms with E-state index in [1.54, 1.807) is 10.8 Å². The second kappa shape index (κ2) is 5.87. The van der Waals surface area contributed by atoms with Crippen LogP contribution in [0, 0.1) is 0 Å². The monoisotopic (exact) mass is 356 g/mol. The third kappa shape index (κ3) is 3.10.